The van der Waals surface area contributed by atoms with Gasteiger partial charge in [0.2, 0.25) is 15.9 Å². The van der Waals surface area contributed by atoms with E-state index < -0.39 is 16.1 Å². The number of methoxy groups -OCH3 is 1. The van der Waals surface area contributed by atoms with Crippen molar-refractivity contribution in [2.45, 2.75) is 23.9 Å². The third-order valence-electron chi connectivity index (χ3n) is 4.37. The van der Waals surface area contributed by atoms with Crippen LogP contribution in [0.25, 0.3) is 0 Å². The molecule has 1 amide bonds. The molecular weight excluding hydrogens is 467 g/mol. The molecule has 0 radical (unpaired) electrons. The average molecular weight is 491 g/mol. The Morgan fingerprint density at radius 2 is 1.93 bits per heavy atom. The second-order valence-corrected chi connectivity index (χ2v) is 10.0. The molecule has 1 N–H and O–H groups in total. The minimum absolute atomic E-state index is 0.0327. The fourth-order valence-corrected chi connectivity index (χ4v) is 5.29. The SMILES string of the molecule is COc1ccccc1CN(C)C(=O)C(CCSC)NS(=O)(=O)c1cc(Cl)ccc1Cl. The zero-order chi connectivity index (χ0) is 22.3. The number of amides is 1. The van der Waals surface area contributed by atoms with Crippen molar-refractivity contribution in [2.24, 2.45) is 0 Å². The van der Waals surface area contributed by atoms with Crippen LogP contribution in [0.1, 0.15) is 12.0 Å². The van der Waals surface area contributed by atoms with E-state index in [2.05, 4.69) is 4.72 Å². The van der Waals surface area contributed by atoms with Gasteiger partial charge in [-0.2, -0.15) is 16.5 Å². The number of nitrogens with zero attached hydrogens (tertiary/aromatic N) is 1. The molecule has 0 aliphatic rings. The lowest BCUT2D eigenvalue weighted by molar-refractivity contribution is -0.132. The Morgan fingerprint density at radius 3 is 2.60 bits per heavy atom. The molecule has 0 fully saturated rings. The predicted molar refractivity (Wildman–Crippen MR) is 123 cm³/mol. The highest BCUT2D eigenvalue weighted by molar-refractivity contribution is 7.98. The van der Waals surface area contributed by atoms with Crippen LogP contribution in [-0.2, 0) is 21.4 Å². The molecule has 1 atom stereocenters. The lowest BCUT2D eigenvalue weighted by atomic mass is 10.1. The number of ether oxygens (including phenoxy) is 1. The van der Waals surface area contributed by atoms with E-state index in [4.69, 9.17) is 27.9 Å². The highest BCUT2D eigenvalue weighted by Crippen LogP contribution is 2.26. The Hall–Kier alpha value is -1.45. The smallest absolute Gasteiger partial charge is 0.242 e. The van der Waals surface area contributed by atoms with Crippen LogP contribution in [0.3, 0.4) is 0 Å². The van der Waals surface area contributed by atoms with Gasteiger partial charge in [-0.05, 0) is 42.7 Å². The normalized spacial score (nSPS) is 12.4. The topological polar surface area (TPSA) is 75.7 Å². The molecule has 0 bridgehead atoms. The van der Waals surface area contributed by atoms with E-state index in [0.29, 0.717) is 17.9 Å². The fourth-order valence-electron chi connectivity index (χ4n) is 2.84. The van der Waals surface area contributed by atoms with Gasteiger partial charge in [0.1, 0.15) is 16.7 Å². The van der Waals surface area contributed by atoms with E-state index in [1.54, 1.807) is 14.2 Å². The quantitative estimate of drug-likeness (QED) is 0.543. The summed E-state index contributed by atoms with van der Waals surface area (Å²) in [7, 11) is -0.868. The summed E-state index contributed by atoms with van der Waals surface area (Å²) in [4.78, 5) is 14.4. The lowest BCUT2D eigenvalue weighted by Crippen LogP contribution is -2.47. The molecule has 2 rings (SSSR count). The Morgan fingerprint density at radius 1 is 1.23 bits per heavy atom. The molecule has 0 spiro atoms. The van der Waals surface area contributed by atoms with Crippen molar-refractivity contribution in [3.05, 3.63) is 58.1 Å². The largest absolute Gasteiger partial charge is 0.496 e. The zero-order valence-corrected chi connectivity index (χ0v) is 20.0. The zero-order valence-electron chi connectivity index (χ0n) is 16.9. The van der Waals surface area contributed by atoms with Crippen LogP contribution in [0, 0.1) is 0 Å². The number of carbonyl (C=O) groups excluding carboxylic acids is 1. The maximum Gasteiger partial charge on any atom is 0.242 e. The number of sulfonamides is 1. The van der Waals surface area contributed by atoms with Crippen molar-refractivity contribution >= 4 is 50.9 Å². The monoisotopic (exact) mass is 490 g/mol. The summed E-state index contributed by atoms with van der Waals surface area (Å²) in [5.74, 6) is 0.908. The predicted octanol–water partition coefficient (Wildman–Crippen LogP) is 4.06. The summed E-state index contributed by atoms with van der Waals surface area (Å²) in [6, 6.07) is 10.6. The summed E-state index contributed by atoms with van der Waals surface area (Å²) < 4.78 is 33.7. The average Bonchev–Trinajstić information content (AvgIpc) is 2.72. The van der Waals surface area contributed by atoms with Gasteiger partial charge in [0.25, 0.3) is 0 Å². The van der Waals surface area contributed by atoms with Gasteiger partial charge in [-0.1, -0.05) is 41.4 Å². The second-order valence-electron chi connectivity index (χ2n) is 6.54. The minimum atomic E-state index is -4.06. The summed E-state index contributed by atoms with van der Waals surface area (Å²) >= 11 is 13.5. The molecule has 164 valence electrons. The number of nitrogens with one attached hydrogen (secondary N) is 1. The first-order valence-corrected chi connectivity index (χ1v) is 12.7. The van der Waals surface area contributed by atoms with Crippen LogP contribution in [0.15, 0.2) is 47.4 Å². The van der Waals surface area contributed by atoms with E-state index >= 15 is 0 Å². The molecule has 0 aliphatic heterocycles. The molecule has 0 aliphatic carbocycles. The van der Waals surface area contributed by atoms with Crippen LogP contribution < -0.4 is 9.46 Å². The van der Waals surface area contributed by atoms with Crippen molar-refractivity contribution in [3.63, 3.8) is 0 Å². The van der Waals surface area contributed by atoms with Crippen LogP contribution in [0.4, 0.5) is 0 Å². The van der Waals surface area contributed by atoms with E-state index in [9.17, 15) is 13.2 Å². The minimum Gasteiger partial charge on any atom is -0.496 e. The third kappa shape index (κ3) is 6.52. The first kappa shape index (κ1) is 24.8. The summed E-state index contributed by atoms with van der Waals surface area (Å²) in [5, 5.41) is 0.269. The molecule has 10 heteroatoms. The van der Waals surface area contributed by atoms with Gasteiger partial charge in [-0.15, -0.1) is 0 Å². The molecular formula is C20H24Cl2N2O4S2. The number of likely N-dealkylation sites (N-methyl/N-ethyl adjacent to an activating group) is 1. The number of hydrogen-bond acceptors (Lipinski definition) is 5. The molecule has 0 aromatic heterocycles. The molecule has 2 aromatic rings. The van der Waals surface area contributed by atoms with Gasteiger partial charge in [-0.25, -0.2) is 8.42 Å². The number of halogens is 2. The van der Waals surface area contributed by atoms with Crippen molar-refractivity contribution < 1.29 is 17.9 Å². The summed E-state index contributed by atoms with van der Waals surface area (Å²) in [6.07, 6.45) is 2.22. The number of carbonyl (C=O) groups is 1. The van der Waals surface area contributed by atoms with E-state index in [0.717, 1.165) is 5.56 Å². The standard InChI is InChI=1S/C20H24Cl2N2O4S2/c1-24(13-14-6-4-5-7-18(14)28-2)20(25)17(10-11-29-3)23-30(26,27)19-12-15(21)8-9-16(19)22/h4-9,12,17,23H,10-11,13H2,1-3H3. The first-order valence-electron chi connectivity index (χ1n) is 9.02. The van der Waals surface area contributed by atoms with Gasteiger partial charge < -0.3 is 9.64 Å². The van der Waals surface area contributed by atoms with Crippen LogP contribution in [0.2, 0.25) is 10.0 Å². The number of rotatable bonds is 10. The molecule has 0 heterocycles. The van der Waals surface area contributed by atoms with Gasteiger partial charge in [-0.3, -0.25) is 4.79 Å². The molecule has 6 nitrogen and oxygen atoms in total. The van der Waals surface area contributed by atoms with Crippen molar-refractivity contribution in [2.75, 3.05) is 26.2 Å². The Bertz CT molecular complexity index is 987. The van der Waals surface area contributed by atoms with E-state index in [1.807, 2.05) is 30.5 Å². The highest BCUT2D eigenvalue weighted by Gasteiger charge is 2.29. The van der Waals surface area contributed by atoms with Gasteiger partial charge in [0, 0.05) is 24.2 Å². The number of thioether (sulfide) groups is 1. The number of hydrogen-bond donors (Lipinski definition) is 1. The van der Waals surface area contributed by atoms with Crippen molar-refractivity contribution in [1.82, 2.24) is 9.62 Å². The van der Waals surface area contributed by atoms with E-state index in [-0.39, 0.29) is 27.4 Å². The maximum absolute atomic E-state index is 13.1. The fraction of sp³-hybridized carbons (Fsp3) is 0.350. The highest BCUT2D eigenvalue weighted by atomic mass is 35.5. The van der Waals surface area contributed by atoms with Crippen LogP contribution >= 0.6 is 35.0 Å². The van der Waals surface area contributed by atoms with E-state index in [1.165, 1.54) is 34.9 Å². The Labute approximate surface area is 191 Å². The second kappa shape index (κ2) is 11.2. The summed E-state index contributed by atoms with van der Waals surface area (Å²) in [5.41, 5.74) is 0.820. The molecule has 1 unspecified atom stereocenters. The van der Waals surface area contributed by atoms with Gasteiger partial charge in [0.15, 0.2) is 0 Å². The molecule has 30 heavy (non-hydrogen) atoms. The number of benzene rings is 2. The molecule has 0 saturated carbocycles. The molecule has 0 saturated heterocycles. The van der Waals surface area contributed by atoms with Crippen molar-refractivity contribution in [3.8, 4) is 5.75 Å². The first-order chi connectivity index (χ1) is 14.2. The Balaban J connectivity index is 2.25. The summed E-state index contributed by atoms with van der Waals surface area (Å²) in [6.45, 7) is 0.276. The molecule has 2 aromatic carbocycles. The van der Waals surface area contributed by atoms with Crippen LogP contribution in [-0.4, -0.2) is 51.4 Å². The number of para-hydroxylation sites is 1. The van der Waals surface area contributed by atoms with Crippen LogP contribution in [0.5, 0.6) is 5.75 Å². The maximum atomic E-state index is 13.1. The van der Waals surface area contributed by atoms with Gasteiger partial charge >= 0.3 is 0 Å². The lowest BCUT2D eigenvalue weighted by Gasteiger charge is -2.25. The van der Waals surface area contributed by atoms with Crippen molar-refractivity contribution in [1.29, 1.82) is 0 Å². The van der Waals surface area contributed by atoms with Gasteiger partial charge in [0.05, 0.1) is 12.1 Å². The third-order valence-corrected chi connectivity index (χ3v) is 7.20. The Kier molecular flexibility index (Phi) is 9.31.